The summed E-state index contributed by atoms with van der Waals surface area (Å²) in [5.74, 6) is 0.371. The number of carbonyl (C=O) groups is 1. The van der Waals surface area contributed by atoms with E-state index < -0.39 is 0 Å². The molecule has 1 saturated carbocycles. The van der Waals surface area contributed by atoms with Gasteiger partial charge in [0.2, 0.25) is 5.91 Å². The van der Waals surface area contributed by atoms with Gasteiger partial charge in [-0.2, -0.15) is 0 Å². The number of hydrogen-bond donors (Lipinski definition) is 0. The number of hydrogen-bond acceptors (Lipinski definition) is 3. The third kappa shape index (κ3) is 3.71. The van der Waals surface area contributed by atoms with E-state index in [2.05, 4.69) is 9.88 Å². The van der Waals surface area contributed by atoms with E-state index in [1.165, 1.54) is 12.1 Å². The molecule has 0 unspecified atom stereocenters. The molecule has 1 aromatic heterocycles. The largest absolute Gasteiger partial charge is 0.340 e. The molecule has 0 N–H and O–H groups in total. The minimum atomic E-state index is -0.226. The molecule has 1 amide bonds. The van der Waals surface area contributed by atoms with Crippen molar-refractivity contribution in [3.8, 4) is 0 Å². The van der Waals surface area contributed by atoms with Gasteiger partial charge >= 0.3 is 0 Å². The van der Waals surface area contributed by atoms with E-state index in [1.54, 1.807) is 12.1 Å². The molecule has 2 fully saturated rings. The highest BCUT2D eigenvalue weighted by Crippen LogP contribution is 2.48. The molecule has 2 atom stereocenters. The first-order valence-corrected chi connectivity index (χ1v) is 8.87. The minimum absolute atomic E-state index is 0.0767. The number of benzene rings is 1. The van der Waals surface area contributed by atoms with Crippen LogP contribution in [-0.2, 0) is 11.3 Å². The molecule has 4 rings (SSSR count). The van der Waals surface area contributed by atoms with Gasteiger partial charge in [-0.1, -0.05) is 18.2 Å². The number of aromatic nitrogens is 1. The van der Waals surface area contributed by atoms with E-state index in [0.29, 0.717) is 0 Å². The summed E-state index contributed by atoms with van der Waals surface area (Å²) < 4.78 is 13.0. The number of amides is 1. The number of rotatable bonds is 4. The number of nitrogens with zero attached hydrogens (tertiary/aromatic N) is 3. The Balaban J connectivity index is 1.28. The number of halogens is 1. The highest BCUT2D eigenvalue weighted by molar-refractivity contribution is 5.83. The molecule has 130 valence electrons. The van der Waals surface area contributed by atoms with E-state index >= 15 is 0 Å². The molecule has 1 aromatic carbocycles. The third-order valence-electron chi connectivity index (χ3n) is 5.20. The van der Waals surface area contributed by atoms with Crippen LogP contribution in [0.1, 0.15) is 23.6 Å². The first kappa shape index (κ1) is 16.2. The molecular weight excluding hydrogens is 317 g/mol. The Morgan fingerprint density at radius 3 is 2.52 bits per heavy atom. The summed E-state index contributed by atoms with van der Waals surface area (Å²) >= 11 is 0. The maximum absolute atomic E-state index is 13.0. The fourth-order valence-corrected chi connectivity index (χ4v) is 3.63. The Morgan fingerprint density at radius 1 is 1.08 bits per heavy atom. The summed E-state index contributed by atoms with van der Waals surface area (Å²) in [6.45, 7) is 4.16. The Bertz CT molecular complexity index is 726. The topological polar surface area (TPSA) is 36.4 Å². The molecule has 1 aliphatic heterocycles. The zero-order valence-electron chi connectivity index (χ0n) is 14.1. The third-order valence-corrected chi connectivity index (χ3v) is 5.20. The monoisotopic (exact) mass is 339 g/mol. The van der Waals surface area contributed by atoms with Crippen LogP contribution in [0.3, 0.4) is 0 Å². The average Bonchev–Trinajstić information content (AvgIpc) is 3.44. The zero-order chi connectivity index (χ0) is 17.2. The molecule has 0 spiro atoms. The predicted octanol–water partition coefficient (Wildman–Crippen LogP) is 2.67. The van der Waals surface area contributed by atoms with E-state index in [4.69, 9.17) is 0 Å². The van der Waals surface area contributed by atoms with Gasteiger partial charge in [0.05, 0.1) is 5.69 Å². The molecule has 4 nitrogen and oxygen atoms in total. The molecule has 2 aliphatic rings. The first-order valence-electron chi connectivity index (χ1n) is 8.87. The molecule has 2 aromatic rings. The first-order chi connectivity index (χ1) is 12.2. The average molecular weight is 339 g/mol. The predicted molar refractivity (Wildman–Crippen MR) is 93.3 cm³/mol. The number of pyridine rings is 1. The summed E-state index contributed by atoms with van der Waals surface area (Å²) in [5, 5.41) is 0. The van der Waals surface area contributed by atoms with Crippen LogP contribution in [0.5, 0.6) is 0 Å². The Labute approximate surface area is 147 Å². The summed E-state index contributed by atoms with van der Waals surface area (Å²) in [4.78, 5) is 21.4. The Morgan fingerprint density at radius 2 is 1.84 bits per heavy atom. The van der Waals surface area contributed by atoms with Gasteiger partial charge in [-0.3, -0.25) is 14.7 Å². The van der Waals surface area contributed by atoms with Crippen LogP contribution in [0.2, 0.25) is 0 Å². The normalized spacial score (nSPS) is 23.5. The molecular formula is C20H22FN3O. The second-order valence-electron chi connectivity index (χ2n) is 6.92. The summed E-state index contributed by atoms with van der Waals surface area (Å²) in [7, 11) is 0. The lowest BCUT2D eigenvalue weighted by atomic mass is 10.1. The SMILES string of the molecule is O=C([C@H]1C[C@H]1c1ccc(F)cc1)N1CCN(Cc2ccccn2)CC1. The van der Waals surface area contributed by atoms with E-state index in [0.717, 1.165) is 50.4 Å². The van der Waals surface area contributed by atoms with Crippen molar-refractivity contribution in [1.29, 1.82) is 0 Å². The highest BCUT2D eigenvalue weighted by Gasteiger charge is 2.46. The van der Waals surface area contributed by atoms with Crippen LogP contribution in [0, 0.1) is 11.7 Å². The van der Waals surface area contributed by atoms with Crippen LogP contribution >= 0.6 is 0 Å². The Hall–Kier alpha value is -2.27. The van der Waals surface area contributed by atoms with Gasteiger partial charge in [-0.15, -0.1) is 0 Å². The van der Waals surface area contributed by atoms with Crippen molar-refractivity contribution in [1.82, 2.24) is 14.8 Å². The molecule has 2 heterocycles. The number of piperazine rings is 1. The van der Waals surface area contributed by atoms with E-state index in [9.17, 15) is 9.18 Å². The fraction of sp³-hybridized carbons (Fsp3) is 0.400. The quantitative estimate of drug-likeness (QED) is 0.859. The van der Waals surface area contributed by atoms with Crippen LogP contribution in [0.15, 0.2) is 48.7 Å². The summed E-state index contributed by atoms with van der Waals surface area (Å²) in [5.41, 5.74) is 2.15. The van der Waals surface area contributed by atoms with Gasteiger partial charge in [0.15, 0.2) is 0 Å². The van der Waals surface area contributed by atoms with E-state index in [-0.39, 0.29) is 23.6 Å². The standard InChI is InChI=1S/C20H22FN3O/c21-16-6-4-15(5-7-16)18-13-19(18)20(25)24-11-9-23(10-12-24)14-17-3-1-2-8-22-17/h1-8,18-19H,9-14H2/t18-,19-/m0/s1. The van der Waals surface area contributed by atoms with Crippen molar-refractivity contribution in [2.24, 2.45) is 5.92 Å². The lowest BCUT2D eigenvalue weighted by molar-refractivity contribution is -0.134. The van der Waals surface area contributed by atoms with Gasteiger partial charge < -0.3 is 4.90 Å². The second kappa shape index (κ2) is 6.92. The van der Waals surface area contributed by atoms with Crippen LogP contribution < -0.4 is 0 Å². The van der Waals surface area contributed by atoms with Gasteiger partial charge in [0.25, 0.3) is 0 Å². The maximum Gasteiger partial charge on any atom is 0.226 e. The smallest absolute Gasteiger partial charge is 0.226 e. The van der Waals surface area contributed by atoms with Gasteiger partial charge in [-0.05, 0) is 42.2 Å². The van der Waals surface area contributed by atoms with Crippen molar-refractivity contribution in [2.75, 3.05) is 26.2 Å². The van der Waals surface area contributed by atoms with Crippen molar-refractivity contribution in [3.63, 3.8) is 0 Å². The van der Waals surface area contributed by atoms with Crippen molar-refractivity contribution in [2.45, 2.75) is 18.9 Å². The van der Waals surface area contributed by atoms with Crippen molar-refractivity contribution >= 4 is 5.91 Å². The Kier molecular flexibility index (Phi) is 4.49. The van der Waals surface area contributed by atoms with Crippen molar-refractivity contribution < 1.29 is 9.18 Å². The zero-order valence-corrected chi connectivity index (χ0v) is 14.1. The highest BCUT2D eigenvalue weighted by atomic mass is 19.1. The second-order valence-corrected chi connectivity index (χ2v) is 6.92. The van der Waals surface area contributed by atoms with Crippen LogP contribution in [0.4, 0.5) is 4.39 Å². The molecule has 25 heavy (non-hydrogen) atoms. The van der Waals surface area contributed by atoms with Crippen LogP contribution in [-0.4, -0.2) is 46.9 Å². The summed E-state index contributed by atoms with van der Waals surface area (Å²) in [6.07, 6.45) is 2.70. The molecule has 0 bridgehead atoms. The lowest BCUT2D eigenvalue weighted by Crippen LogP contribution is -2.48. The fourth-order valence-electron chi connectivity index (χ4n) is 3.63. The minimum Gasteiger partial charge on any atom is -0.340 e. The summed E-state index contributed by atoms with van der Waals surface area (Å²) in [6, 6.07) is 12.5. The molecule has 1 saturated heterocycles. The molecule has 0 radical (unpaired) electrons. The van der Waals surface area contributed by atoms with Gasteiger partial charge in [0.1, 0.15) is 5.82 Å². The van der Waals surface area contributed by atoms with Crippen LogP contribution in [0.25, 0.3) is 0 Å². The van der Waals surface area contributed by atoms with E-state index in [1.807, 2.05) is 29.3 Å². The van der Waals surface area contributed by atoms with Gasteiger partial charge in [-0.25, -0.2) is 4.39 Å². The molecule has 1 aliphatic carbocycles. The number of carbonyl (C=O) groups excluding carboxylic acids is 1. The maximum atomic E-state index is 13.0. The molecule has 5 heteroatoms. The van der Waals surface area contributed by atoms with Crippen molar-refractivity contribution in [3.05, 3.63) is 65.7 Å². The van der Waals surface area contributed by atoms with Gasteiger partial charge in [0, 0.05) is 44.8 Å². The lowest BCUT2D eigenvalue weighted by Gasteiger charge is -2.34.